The van der Waals surface area contributed by atoms with Crippen molar-refractivity contribution in [1.29, 1.82) is 0 Å². The van der Waals surface area contributed by atoms with Crippen molar-refractivity contribution >= 4 is 5.69 Å². The first-order valence-corrected chi connectivity index (χ1v) is 9.59. The van der Waals surface area contributed by atoms with Gasteiger partial charge in [0.1, 0.15) is 0 Å². The highest BCUT2D eigenvalue weighted by Gasteiger charge is 2.36. The van der Waals surface area contributed by atoms with Gasteiger partial charge >= 0.3 is 0 Å². The molecular formula is C23H35N. The fraction of sp³-hybridized carbons (Fsp3) is 0.478. The molecule has 1 aliphatic carbocycles. The number of rotatable bonds is 3. The van der Waals surface area contributed by atoms with Crippen molar-refractivity contribution in [2.45, 2.75) is 60.8 Å². The van der Waals surface area contributed by atoms with Crippen LogP contribution in [0.5, 0.6) is 0 Å². The van der Waals surface area contributed by atoms with Crippen LogP contribution in [0.2, 0.25) is 0 Å². The van der Waals surface area contributed by atoms with E-state index >= 15 is 0 Å². The summed E-state index contributed by atoms with van der Waals surface area (Å²) in [5, 5.41) is 0. The lowest BCUT2D eigenvalue weighted by Gasteiger charge is -2.26. The maximum Gasteiger partial charge on any atom is 0.0448 e. The second-order valence-corrected chi connectivity index (χ2v) is 6.04. The van der Waals surface area contributed by atoms with E-state index in [1.807, 2.05) is 27.7 Å². The Morgan fingerprint density at radius 2 is 1.29 bits per heavy atom. The molecule has 0 fully saturated rings. The molecule has 24 heavy (non-hydrogen) atoms. The summed E-state index contributed by atoms with van der Waals surface area (Å²) >= 11 is 0. The van der Waals surface area contributed by atoms with Gasteiger partial charge in [-0.25, -0.2) is 0 Å². The first kappa shape index (κ1) is 20.3. The Morgan fingerprint density at radius 1 is 0.750 bits per heavy atom. The molecule has 0 atom stereocenters. The highest BCUT2D eigenvalue weighted by Crippen LogP contribution is 2.51. The van der Waals surface area contributed by atoms with Gasteiger partial charge in [0.25, 0.3) is 0 Å². The Bertz CT molecular complexity index is 636. The average molecular weight is 326 g/mol. The lowest BCUT2D eigenvalue weighted by molar-refractivity contribution is 0.660. The molecule has 132 valence electrons. The van der Waals surface area contributed by atoms with E-state index in [1.54, 1.807) is 0 Å². The second kappa shape index (κ2) is 8.92. The minimum Gasteiger partial charge on any atom is -0.372 e. The first-order valence-electron chi connectivity index (χ1n) is 9.59. The third kappa shape index (κ3) is 3.36. The van der Waals surface area contributed by atoms with Gasteiger partial charge in [-0.15, -0.1) is 0 Å². The van der Waals surface area contributed by atoms with E-state index < -0.39 is 0 Å². The zero-order valence-corrected chi connectivity index (χ0v) is 16.9. The zero-order chi connectivity index (χ0) is 18.3. The monoisotopic (exact) mass is 325 g/mol. The van der Waals surface area contributed by atoms with Crippen LogP contribution in [-0.2, 0) is 5.41 Å². The predicted octanol–water partition coefficient (Wildman–Crippen LogP) is 6.89. The second-order valence-electron chi connectivity index (χ2n) is 6.04. The highest BCUT2D eigenvalue weighted by atomic mass is 15.1. The van der Waals surface area contributed by atoms with Crippen LogP contribution >= 0.6 is 0 Å². The number of fused-ring (bicyclic) bond motifs is 3. The van der Waals surface area contributed by atoms with Gasteiger partial charge in [-0.1, -0.05) is 77.9 Å². The SMILES string of the molecule is CC.CC.CCN(CC)c1cccc2c1-c1ccccc1C2(C)C. The minimum absolute atomic E-state index is 0.106. The molecule has 0 aromatic heterocycles. The standard InChI is InChI=1S/C19H23N.2C2H6/c1-5-20(6-2)17-13-9-12-16-18(17)14-10-7-8-11-15(14)19(16,3)4;2*1-2/h7-13H,5-6H2,1-4H3;2*1-2H3. The molecule has 0 unspecified atom stereocenters. The van der Waals surface area contributed by atoms with E-state index in [2.05, 4.69) is 75.1 Å². The van der Waals surface area contributed by atoms with Crippen molar-refractivity contribution in [2.75, 3.05) is 18.0 Å². The van der Waals surface area contributed by atoms with Crippen molar-refractivity contribution in [3.63, 3.8) is 0 Å². The van der Waals surface area contributed by atoms with Crippen LogP contribution in [0.15, 0.2) is 42.5 Å². The number of hydrogen-bond acceptors (Lipinski definition) is 1. The summed E-state index contributed by atoms with van der Waals surface area (Å²) in [6, 6.07) is 15.6. The topological polar surface area (TPSA) is 3.24 Å². The maximum atomic E-state index is 2.46. The maximum absolute atomic E-state index is 2.46. The molecule has 3 rings (SSSR count). The van der Waals surface area contributed by atoms with Gasteiger partial charge in [-0.2, -0.15) is 0 Å². The van der Waals surface area contributed by atoms with Gasteiger partial charge in [-0.3, -0.25) is 0 Å². The van der Waals surface area contributed by atoms with Crippen LogP contribution in [0.3, 0.4) is 0 Å². The van der Waals surface area contributed by atoms with E-state index in [1.165, 1.54) is 27.9 Å². The third-order valence-corrected chi connectivity index (χ3v) is 4.69. The van der Waals surface area contributed by atoms with Gasteiger partial charge in [0.2, 0.25) is 0 Å². The van der Waals surface area contributed by atoms with Crippen LogP contribution in [0.4, 0.5) is 5.69 Å². The number of benzene rings is 2. The predicted molar refractivity (Wildman–Crippen MR) is 110 cm³/mol. The molecule has 1 aliphatic rings. The molecule has 2 aromatic carbocycles. The van der Waals surface area contributed by atoms with Crippen molar-refractivity contribution in [1.82, 2.24) is 0 Å². The molecule has 0 N–H and O–H groups in total. The molecule has 0 spiro atoms. The van der Waals surface area contributed by atoms with Crippen LogP contribution < -0.4 is 4.90 Å². The summed E-state index contributed by atoms with van der Waals surface area (Å²) in [5.74, 6) is 0. The molecule has 0 aliphatic heterocycles. The van der Waals surface area contributed by atoms with Gasteiger partial charge in [0.05, 0.1) is 0 Å². The van der Waals surface area contributed by atoms with Crippen LogP contribution in [0, 0.1) is 0 Å². The van der Waals surface area contributed by atoms with Crippen molar-refractivity contribution in [3.8, 4) is 11.1 Å². The van der Waals surface area contributed by atoms with Crippen molar-refractivity contribution < 1.29 is 0 Å². The van der Waals surface area contributed by atoms with E-state index in [0.717, 1.165) is 13.1 Å². The Labute approximate surface area is 149 Å². The molecule has 0 amide bonds. The molecule has 0 saturated heterocycles. The molecule has 1 nitrogen and oxygen atoms in total. The summed E-state index contributed by atoms with van der Waals surface area (Å²) in [4.78, 5) is 2.46. The quantitative estimate of drug-likeness (QED) is 0.593. The van der Waals surface area contributed by atoms with Gasteiger partial charge in [0, 0.05) is 29.8 Å². The number of nitrogens with zero attached hydrogens (tertiary/aromatic N) is 1. The largest absolute Gasteiger partial charge is 0.372 e. The molecule has 0 heterocycles. The molecular weight excluding hydrogens is 290 g/mol. The van der Waals surface area contributed by atoms with E-state index in [9.17, 15) is 0 Å². The fourth-order valence-electron chi connectivity index (χ4n) is 3.56. The molecule has 0 saturated carbocycles. The highest BCUT2D eigenvalue weighted by molar-refractivity contribution is 5.90. The first-order chi connectivity index (χ1) is 11.6. The molecule has 2 aromatic rings. The fourth-order valence-corrected chi connectivity index (χ4v) is 3.56. The molecule has 0 bridgehead atoms. The van der Waals surface area contributed by atoms with E-state index in [0.29, 0.717) is 0 Å². The van der Waals surface area contributed by atoms with Crippen LogP contribution in [0.25, 0.3) is 11.1 Å². The lowest BCUT2D eigenvalue weighted by atomic mass is 9.82. The minimum atomic E-state index is 0.106. The van der Waals surface area contributed by atoms with Crippen molar-refractivity contribution in [3.05, 3.63) is 53.6 Å². The van der Waals surface area contributed by atoms with Gasteiger partial charge < -0.3 is 4.90 Å². The Balaban J connectivity index is 0.000000671. The zero-order valence-electron chi connectivity index (χ0n) is 16.9. The van der Waals surface area contributed by atoms with Crippen LogP contribution in [0.1, 0.15) is 66.5 Å². The summed E-state index contributed by atoms with van der Waals surface area (Å²) < 4.78 is 0. The summed E-state index contributed by atoms with van der Waals surface area (Å²) in [7, 11) is 0. The normalized spacial score (nSPS) is 12.8. The average Bonchev–Trinajstić information content (AvgIpc) is 2.88. The lowest BCUT2D eigenvalue weighted by Crippen LogP contribution is -2.23. The van der Waals surface area contributed by atoms with Crippen LogP contribution in [-0.4, -0.2) is 13.1 Å². The van der Waals surface area contributed by atoms with E-state index in [4.69, 9.17) is 0 Å². The summed E-state index contributed by atoms with van der Waals surface area (Å²) in [6.07, 6.45) is 0. The Morgan fingerprint density at radius 3 is 1.88 bits per heavy atom. The summed E-state index contributed by atoms with van der Waals surface area (Å²) in [6.45, 7) is 19.2. The number of anilines is 1. The summed E-state index contributed by atoms with van der Waals surface area (Å²) in [5.41, 5.74) is 7.25. The molecule has 0 radical (unpaired) electrons. The smallest absolute Gasteiger partial charge is 0.0448 e. The van der Waals surface area contributed by atoms with Crippen molar-refractivity contribution in [2.24, 2.45) is 0 Å². The Hall–Kier alpha value is -1.76. The number of hydrogen-bond donors (Lipinski definition) is 0. The molecule has 1 heteroatoms. The third-order valence-electron chi connectivity index (χ3n) is 4.69. The van der Waals surface area contributed by atoms with Gasteiger partial charge in [0.15, 0.2) is 0 Å². The Kier molecular flexibility index (Phi) is 7.54. The van der Waals surface area contributed by atoms with Gasteiger partial charge in [-0.05, 0) is 36.6 Å². The van der Waals surface area contributed by atoms with E-state index in [-0.39, 0.29) is 5.41 Å².